The number of aromatic nitrogens is 2. The summed E-state index contributed by atoms with van der Waals surface area (Å²) in [5, 5.41) is 3.35. The highest BCUT2D eigenvalue weighted by Crippen LogP contribution is 2.15. The highest BCUT2D eigenvalue weighted by atomic mass is 16.5. The van der Waals surface area contributed by atoms with Crippen molar-refractivity contribution in [3.63, 3.8) is 0 Å². The van der Waals surface area contributed by atoms with Crippen LogP contribution in [0, 0.1) is 0 Å². The number of carbonyl (C=O) groups is 1. The van der Waals surface area contributed by atoms with E-state index in [4.69, 9.17) is 4.74 Å². The van der Waals surface area contributed by atoms with Crippen LogP contribution in [0.25, 0.3) is 0 Å². The predicted molar refractivity (Wildman–Crippen MR) is 71.7 cm³/mol. The van der Waals surface area contributed by atoms with E-state index in [0.29, 0.717) is 19.1 Å². The van der Waals surface area contributed by atoms with Crippen molar-refractivity contribution in [3.8, 4) is 0 Å². The van der Waals surface area contributed by atoms with Crippen molar-refractivity contribution in [2.24, 2.45) is 0 Å². The Kier molecular flexibility index (Phi) is 5.09. The molecule has 0 spiro atoms. The average molecular weight is 264 g/mol. The summed E-state index contributed by atoms with van der Waals surface area (Å²) in [6.07, 6.45) is 7.40. The van der Waals surface area contributed by atoms with Gasteiger partial charge in [-0.15, -0.1) is 0 Å². The van der Waals surface area contributed by atoms with Gasteiger partial charge in [0.15, 0.2) is 0 Å². The molecule has 1 aliphatic heterocycles. The van der Waals surface area contributed by atoms with Gasteiger partial charge in [-0.05, 0) is 12.8 Å². The van der Waals surface area contributed by atoms with Crippen molar-refractivity contribution in [1.82, 2.24) is 14.9 Å². The fourth-order valence-corrected chi connectivity index (χ4v) is 2.20. The molecule has 6 heteroatoms. The third kappa shape index (κ3) is 4.17. The number of hydrogen-bond donors (Lipinski definition) is 1. The molecule has 19 heavy (non-hydrogen) atoms. The number of ether oxygens (including phenoxy) is 1. The number of anilines is 1. The fourth-order valence-electron chi connectivity index (χ4n) is 2.20. The van der Waals surface area contributed by atoms with Crippen molar-refractivity contribution in [3.05, 3.63) is 18.6 Å². The monoisotopic (exact) mass is 264 g/mol. The standard InChI is InChI=1S/C13H20N4O2/c1-19-9-4-13(18)17-7-2-11(3-8-17)16-12-10-14-5-6-15-12/h5-6,10-11H,2-4,7-9H2,1H3,(H,15,16). The molecule has 0 unspecified atom stereocenters. The van der Waals surface area contributed by atoms with Crippen LogP contribution in [0.1, 0.15) is 19.3 Å². The summed E-state index contributed by atoms with van der Waals surface area (Å²) in [6, 6.07) is 0.364. The van der Waals surface area contributed by atoms with Gasteiger partial charge in [-0.2, -0.15) is 0 Å². The van der Waals surface area contributed by atoms with Crippen molar-refractivity contribution >= 4 is 11.7 Å². The highest BCUT2D eigenvalue weighted by Gasteiger charge is 2.22. The molecule has 0 atom stereocenters. The molecule has 1 N–H and O–H groups in total. The minimum Gasteiger partial charge on any atom is -0.384 e. The third-order valence-electron chi connectivity index (χ3n) is 3.28. The Hall–Kier alpha value is -1.69. The van der Waals surface area contributed by atoms with E-state index in [2.05, 4.69) is 15.3 Å². The maximum atomic E-state index is 11.8. The lowest BCUT2D eigenvalue weighted by Gasteiger charge is -2.32. The van der Waals surface area contributed by atoms with Gasteiger partial charge in [0.05, 0.1) is 19.2 Å². The van der Waals surface area contributed by atoms with Crippen LogP contribution in [0.2, 0.25) is 0 Å². The molecular weight excluding hydrogens is 244 g/mol. The van der Waals surface area contributed by atoms with E-state index in [1.807, 2.05) is 4.90 Å². The first-order valence-corrected chi connectivity index (χ1v) is 6.59. The molecular formula is C13H20N4O2. The first kappa shape index (κ1) is 13.7. The molecule has 1 aliphatic rings. The number of carbonyl (C=O) groups excluding carboxylic acids is 1. The van der Waals surface area contributed by atoms with Gasteiger partial charge in [0, 0.05) is 38.6 Å². The molecule has 1 fully saturated rings. The maximum Gasteiger partial charge on any atom is 0.224 e. The number of methoxy groups -OCH3 is 1. The Bertz CT molecular complexity index is 391. The summed E-state index contributed by atoms with van der Waals surface area (Å²) >= 11 is 0. The van der Waals surface area contributed by atoms with Gasteiger partial charge in [0.2, 0.25) is 5.91 Å². The normalized spacial score (nSPS) is 16.4. The second-order valence-electron chi connectivity index (χ2n) is 4.63. The molecule has 104 valence electrons. The van der Waals surface area contributed by atoms with Gasteiger partial charge >= 0.3 is 0 Å². The van der Waals surface area contributed by atoms with Crippen molar-refractivity contribution < 1.29 is 9.53 Å². The Morgan fingerprint density at radius 2 is 2.26 bits per heavy atom. The largest absolute Gasteiger partial charge is 0.384 e. The number of hydrogen-bond acceptors (Lipinski definition) is 5. The second-order valence-corrected chi connectivity index (χ2v) is 4.63. The number of amides is 1. The molecule has 0 bridgehead atoms. The van der Waals surface area contributed by atoms with E-state index >= 15 is 0 Å². The van der Waals surface area contributed by atoms with Crippen molar-refractivity contribution in [2.75, 3.05) is 32.1 Å². The highest BCUT2D eigenvalue weighted by molar-refractivity contribution is 5.76. The van der Waals surface area contributed by atoms with E-state index in [-0.39, 0.29) is 5.91 Å². The van der Waals surface area contributed by atoms with Crippen molar-refractivity contribution in [2.45, 2.75) is 25.3 Å². The molecule has 0 aliphatic carbocycles. The number of nitrogens with zero attached hydrogens (tertiary/aromatic N) is 3. The molecule has 0 saturated carbocycles. The van der Waals surface area contributed by atoms with Gasteiger partial charge < -0.3 is 15.0 Å². The zero-order valence-electron chi connectivity index (χ0n) is 11.2. The number of piperidine rings is 1. The van der Waals surface area contributed by atoms with Crippen LogP contribution in [0.5, 0.6) is 0 Å². The summed E-state index contributed by atoms with van der Waals surface area (Å²) in [7, 11) is 1.62. The summed E-state index contributed by atoms with van der Waals surface area (Å²) in [6.45, 7) is 2.08. The van der Waals surface area contributed by atoms with Crippen LogP contribution in [-0.4, -0.2) is 53.6 Å². The third-order valence-corrected chi connectivity index (χ3v) is 3.28. The zero-order valence-corrected chi connectivity index (χ0v) is 11.2. The molecule has 1 saturated heterocycles. The van der Waals surface area contributed by atoms with E-state index in [1.165, 1.54) is 0 Å². The molecule has 1 aromatic rings. The molecule has 0 radical (unpaired) electrons. The SMILES string of the molecule is COCCC(=O)N1CCC(Nc2cnccn2)CC1. The van der Waals surface area contributed by atoms with Crippen LogP contribution in [0.15, 0.2) is 18.6 Å². The average Bonchev–Trinajstić information content (AvgIpc) is 2.46. The predicted octanol–water partition coefficient (Wildman–Crippen LogP) is 0.916. The van der Waals surface area contributed by atoms with E-state index in [1.54, 1.807) is 25.7 Å². The first-order chi connectivity index (χ1) is 9.29. The van der Waals surface area contributed by atoms with Crippen molar-refractivity contribution in [1.29, 1.82) is 0 Å². The smallest absolute Gasteiger partial charge is 0.224 e. The van der Waals surface area contributed by atoms with Crippen LogP contribution < -0.4 is 5.32 Å². The summed E-state index contributed by atoms with van der Waals surface area (Å²) in [5.74, 6) is 0.978. The Morgan fingerprint density at radius 1 is 1.47 bits per heavy atom. The Balaban J connectivity index is 1.75. The van der Waals surface area contributed by atoms with E-state index < -0.39 is 0 Å². The molecule has 2 heterocycles. The van der Waals surface area contributed by atoms with Gasteiger partial charge in [0.1, 0.15) is 5.82 Å². The quantitative estimate of drug-likeness (QED) is 0.856. The Morgan fingerprint density at radius 3 is 2.89 bits per heavy atom. The summed E-state index contributed by atoms with van der Waals surface area (Å²) in [5.41, 5.74) is 0. The summed E-state index contributed by atoms with van der Waals surface area (Å²) in [4.78, 5) is 22.0. The maximum absolute atomic E-state index is 11.8. The van der Waals surface area contributed by atoms with E-state index in [9.17, 15) is 4.79 Å². The lowest BCUT2D eigenvalue weighted by Crippen LogP contribution is -2.42. The minimum absolute atomic E-state index is 0.180. The molecule has 6 nitrogen and oxygen atoms in total. The lowest BCUT2D eigenvalue weighted by molar-refractivity contribution is -0.133. The van der Waals surface area contributed by atoms with Crippen LogP contribution in [0.3, 0.4) is 0 Å². The van der Waals surface area contributed by atoms with Crippen LogP contribution in [0.4, 0.5) is 5.82 Å². The zero-order chi connectivity index (χ0) is 13.5. The molecule has 1 amide bonds. The molecule has 0 aromatic carbocycles. The van der Waals surface area contributed by atoms with E-state index in [0.717, 1.165) is 31.7 Å². The van der Waals surface area contributed by atoms with Crippen LogP contribution >= 0.6 is 0 Å². The number of nitrogens with one attached hydrogen (secondary N) is 1. The van der Waals surface area contributed by atoms with Crippen LogP contribution in [-0.2, 0) is 9.53 Å². The summed E-state index contributed by atoms with van der Waals surface area (Å²) < 4.78 is 4.93. The van der Waals surface area contributed by atoms with Gasteiger partial charge in [0.25, 0.3) is 0 Å². The first-order valence-electron chi connectivity index (χ1n) is 6.59. The topological polar surface area (TPSA) is 67.3 Å². The lowest BCUT2D eigenvalue weighted by atomic mass is 10.0. The number of likely N-dealkylation sites (tertiary alicyclic amines) is 1. The Labute approximate surface area is 113 Å². The second kappa shape index (κ2) is 7.04. The minimum atomic E-state index is 0.180. The van der Waals surface area contributed by atoms with Gasteiger partial charge in [-0.3, -0.25) is 9.78 Å². The molecule has 1 aromatic heterocycles. The van der Waals surface area contributed by atoms with Gasteiger partial charge in [-0.25, -0.2) is 4.98 Å². The number of rotatable bonds is 5. The molecule has 2 rings (SSSR count). The fraction of sp³-hybridized carbons (Fsp3) is 0.615. The van der Waals surface area contributed by atoms with Gasteiger partial charge in [-0.1, -0.05) is 0 Å².